The molecule has 5 nitrogen and oxygen atoms in total. The van der Waals surface area contributed by atoms with E-state index in [1.807, 2.05) is 37.3 Å². The van der Waals surface area contributed by atoms with Crippen molar-refractivity contribution in [1.82, 2.24) is 5.32 Å². The number of aliphatic hydroxyl groups is 2. The van der Waals surface area contributed by atoms with Gasteiger partial charge in [0.25, 0.3) is 0 Å². The average Bonchev–Trinajstić information content (AvgIpc) is 2.48. The van der Waals surface area contributed by atoms with Crippen LogP contribution < -0.4 is 5.32 Å². The molecule has 5 heteroatoms. The largest absolute Gasteiger partial charge is 0.390 e. The Bertz CT molecular complexity index is 387. The van der Waals surface area contributed by atoms with Crippen molar-refractivity contribution in [3.8, 4) is 0 Å². The highest BCUT2D eigenvalue weighted by Crippen LogP contribution is 2.22. The second-order valence-corrected chi connectivity index (χ2v) is 5.00. The Kier molecular flexibility index (Phi) is 5.94. The lowest BCUT2D eigenvalue weighted by Gasteiger charge is -2.37. The van der Waals surface area contributed by atoms with Crippen LogP contribution in [0.4, 0.5) is 0 Å². The molecule has 0 aromatic heterocycles. The third-order valence-corrected chi connectivity index (χ3v) is 3.41. The molecular weight excluding hydrogens is 258 g/mol. The lowest BCUT2D eigenvalue weighted by molar-refractivity contribution is -0.252. The van der Waals surface area contributed by atoms with Gasteiger partial charge in [0.2, 0.25) is 0 Å². The molecule has 2 rings (SSSR count). The van der Waals surface area contributed by atoms with Crippen LogP contribution in [-0.2, 0) is 16.1 Å². The minimum atomic E-state index is -0.870. The van der Waals surface area contributed by atoms with Gasteiger partial charge in [0.1, 0.15) is 12.2 Å². The van der Waals surface area contributed by atoms with Gasteiger partial charge in [-0.15, -0.1) is 0 Å². The monoisotopic (exact) mass is 281 g/mol. The summed E-state index contributed by atoms with van der Waals surface area (Å²) in [5.74, 6) is 0. The van der Waals surface area contributed by atoms with Crippen LogP contribution in [0.5, 0.6) is 0 Å². The lowest BCUT2D eigenvalue weighted by atomic mass is 10.0. The minimum absolute atomic E-state index is 0.288. The van der Waals surface area contributed by atoms with Gasteiger partial charge < -0.3 is 25.0 Å². The molecule has 0 bridgehead atoms. The highest BCUT2D eigenvalue weighted by atomic mass is 16.7. The molecule has 0 radical (unpaired) electrons. The summed E-state index contributed by atoms with van der Waals surface area (Å²) in [6.07, 6.45) is -2.33. The number of benzene rings is 1. The van der Waals surface area contributed by atoms with Gasteiger partial charge in [-0.3, -0.25) is 0 Å². The van der Waals surface area contributed by atoms with Crippen LogP contribution in [-0.4, -0.2) is 47.9 Å². The Morgan fingerprint density at radius 3 is 2.75 bits per heavy atom. The molecule has 3 N–H and O–H groups in total. The molecule has 1 aliphatic heterocycles. The van der Waals surface area contributed by atoms with Crippen molar-refractivity contribution in [2.24, 2.45) is 0 Å². The van der Waals surface area contributed by atoms with E-state index in [4.69, 9.17) is 9.47 Å². The molecule has 1 heterocycles. The maximum absolute atomic E-state index is 9.90. The topological polar surface area (TPSA) is 71.0 Å². The molecule has 1 aliphatic rings. The zero-order valence-corrected chi connectivity index (χ0v) is 11.7. The smallest absolute Gasteiger partial charge is 0.161 e. The fourth-order valence-electron chi connectivity index (χ4n) is 2.24. The summed E-state index contributed by atoms with van der Waals surface area (Å²) in [5, 5.41) is 22.9. The van der Waals surface area contributed by atoms with Crippen molar-refractivity contribution in [3.63, 3.8) is 0 Å². The Morgan fingerprint density at radius 1 is 1.30 bits per heavy atom. The van der Waals surface area contributed by atoms with E-state index >= 15 is 0 Å². The Morgan fingerprint density at radius 2 is 2.05 bits per heavy atom. The SMILES string of the molecule is CCNC[C@H]1O[C@@H](OCc2ccccc2)C[C@@H](O)[C@@H]1O. The lowest BCUT2D eigenvalue weighted by Crippen LogP contribution is -2.52. The van der Waals surface area contributed by atoms with E-state index < -0.39 is 24.6 Å². The Balaban J connectivity index is 1.85. The number of likely N-dealkylation sites (N-methyl/N-ethyl adjacent to an activating group) is 1. The van der Waals surface area contributed by atoms with Crippen LogP contribution in [0.3, 0.4) is 0 Å². The third kappa shape index (κ3) is 4.26. The van der Waals surface area contributed by atoms with Gasteiger partial charge in [0.15, 0.2) is 6.29 Å². The molecule has 1 saturated heterocycles. The van der Waals surface area contributed by atoms with Gasteiger partial charge in [-0.25, -0.2) is 0 Å². The molecule has 0 amide bonds. The van der Waals surface area contributed by atoms with Gasteiger partial charge in [-0.1, -0.05) is 37.3 Å². The van der Waals surface area contributed by atoms with E-state index in [1.165, 1.54) is 0 Å². The summed E-state index contributed by atoms with van der Waals surface area (Å²) in [4.78, 5) is 0. The van der Waals surface area contributed by atoms with Crippen molar-refractivity contribution < 1.29 is 19.7 Å². The van der Waals surface area contributed by atoms with Crippen LogP contribution in [0.15, 0.2) is 30.3 Å². The first-order valence-electron chi connectivity index (χ1n) is 7.08. The van der Waals surface area contributed by atoms with Crippen LogP contribution in [0.1, 0.15) is 18.9 Å². The summed E-state index contributed by atoms with van der Waals surface area (Å²) in [5.41, 5.74) is 1.06. The van der Waals surface area contributed by atoms with Crippen molar-refractivity contribution in [1.29, 1.82) is 0 Å². The van der Waals surface area contributed by atoms with Gasteiger partial charge in [0, 0.05) is 13.0 Å². The van der Waals surface area contributed by atoms with Crippen molar-refractivity contribution in [3.05, 3.63) is 35.9 Å². The fourth-order valence-corrected chi connectivity index (χ4v) is 2.24. The first kappa shape index (κ1) is 15.4. The van der Waals surface area contributed by atoms with Crippen molar-refractivity contribution in [2.75, 3.05) is 13.1 Å². The molecule has 0 aliphatic carbocycles. The minimum Gasteiger partial charge on any atom is -0.390 e. The fraction of sp³-hybridized carbons (Fsp3) is 0.600. The number of ether oxygens (including phenoxy) is 2. The van der Waals surface area contributed by atoms with Gasteiger partial charge in [0.05, 0.1) is 12.7 Å². The molecule has 4 atom stereocenters. The zero-order chi connectivity index (χ0) is 14.4. The Hall–Kier alpha value is -0.980. The summed E-state index contributed by atoms with van der Waals surface area (Å²) in [6.45, 7) is 3.70. The van der Waals surface area contributed by atoms with E-state index in [1.54, 1.807) is 0 Å². The average molecular weight is 281 g/mol. The molecule has 112 valence electrons. The maximum Gasteiger partial charge on any atom is 0.161 e. The van der Waals surface area contributed by atoms with Crippen molar-refractivity contribution >= 4 is 0 Å². The molecule has 0 unspecified atom stereocenters. The van der Waals surface area contributed by atoms with E-state index in [0.717, 1.165) is 12.1 Å². The van der Waals surface area contributed by atoms with Gasteiger partial charge in [-0.05, 0) is 12.1 Å². The van der Waals surface area contributed by atoms with Crippen LogP contribution in [0, 0.1) is 0 Å². The second-order valence-electron chi connectivity index (χ2n) is 5.00. The van der Waals surface area contributed by atoms with Gasteiger partial charge >= 0.3 is 0 Å². The summed E-state index contributed by atoms with van der Waals surface area (Å²) >= 11 is 0. The zero-order valence-electron chi connectivity index (χ0n) is 11.7. The number of aliphatic hydroxyl groups excluding tert-OH is 2. The molecule has 1 aromatic carbocycles. The van der Waals surface area contributed by atoms with Crippen molar-refractivity contribution in [2.45, 2.75) is 44.6 Å². The first-order chi connectivity index (χ1) is 9.70. The molecule has 0 saturated carbocycles. The highest BCUT2D eigenvalue weighted by Gasteiger charge is 2.36. The quantitative estimate of drug-likeness (QED) is 0.714. The predicted molar refractivity (Wildman–Crippen MR) is 75.1 cm³/mol. The molecule has 1 fully saturated rings. The molecule has 20 heavy (non-hydrogen) atoms. The third-order valence-electron chi connectivity index (χ3n) is 3.41. The summed E-state index contributed by atoms with van der Waals surface area (Å²) < 4.78 is 11.4. The Labute approximate surface area is 119 Å². The normalized spacial score (nSPS) is 30.4. The van der Waals surface area contributed by atoms with E-state index in [-0.39, 0.29) is 6.42 Å². The first-order valence-corrected chi connectivity index (χ1v) is 7.08. The molecule has 1 aromatic rings. The summed E-state index contributed by atoms with van der Waals surface area (Å²) in [7, 11) is 0. The highest BCUT2D eigenvalue weighted by molar-refractivity contribution is 5.13. The standard InChI is InChI=1S/C15H23NO4/c1-2-16-9-13-15(18)12(17)8-14(20-13)19-10-11-6-4-3-5-7-11/h3-7,12-18H,2,8-10H2,1H3/t12-,13-,14-,15+/m1/s1. The van der Waals surface area contributed by atoms with Crippen LogP contribution in [0.25, 0.3) is 0 Å². The number of nitrogens with one attached hydrogen (secondary N) is 1. The number of hydrogen-bond donors (Lipinski definition) is 3. The van der Waals surface area contributed by atoms with E-state index in [9.17, 15) is 10.2 Å². The number of rotatable bonds is 6. The van der Waals surface area contributed by atoms with Crippen LogP contribution in [0.2, 0.25) is 0 Å². The summed E-state index contributed by atoms with van der Waals surface area (Å²) in [6, 6.07) is 9.81. The van der Waals surface area contributed by atoms with Gasteiger partial charge in [-0.2, -0.15) is 0 Å². The molecule has 0 spiro atoms. The van der Waals surface area contributed by atoms with E-state index in [0.29, 0.717) is 13.2 Å². The second kappa shape index (κ2) is 7.71. The predicted octanol–water partition coefficient (Wildman–Crippen LogP) is 0.649. The van der Waals surface area contributed by atoms with E-state index in [2.05, 4.69) is 5.32 Å². The maximum atomic E-state index is 9.90. The van der Waals surface area contributed by atoms with Crippen LogP contribution >= 0.6 is 0 Å². The molecular formula is C15H23NO4. The number of hydrogen-bond acceptors (Lipinski definition) is 5.